The molecule has 3 aromatic rings. The Morgan fingerprint density at radius 3 is 2.86 bits per heavy atom. The summed E-state index contributed by atoms with van der Waals surface area (Å²) < 4.78 is 2.25. The lowest BCUT2D eigenvalue weighted by Gasteiger charge is -2.18. The van der Waals surface area contributed by atoms with Crippen LogP contribution in [0.25, 0.3) is 11.0 Å². The molecule has 0 fully saturated rings. The molecule has 0 aliphatic carbocycles. The van der Waals surface area contributed by atoms with Gasteiger partial charge in [-0.15, -0.1) is 11.3 Å². The molecule has 21 heavy (non-hydrogen) atoms. The van der Waals surface area contributed by atoms with E-state index in [2.05, 4.69) is 59.0 Å². The predicted molar refractivity (Wildman–Crippen MR) is 89.8 cm³/mol. The van der Waals surface area contributed by atoms with Crippen molar-refractivity contribution in [3.05, 3.63) is 52.5 Å². The van der Waals surface area contributed by atoms with Crippen molar-refractivity contribution in [3.63, 3.8) is 0 Å². The number of imidazole rings is 1. The summed E-state index contributed by atoms with van der Waals surface area (Å²) in [4.78, 5) is 7.26. The molecule has 0 aliphatic rings. The summed E-state index contributed by atoms with van der Waals surface area (Å²) in [5.74, 6) is 0. The van der Waals surface area contributed by atoms with E-state index in [1.165, 1.54) is 15.3 Å². The van der Waals surface area contributed by atoms with E-state index < -0.39 is 0 Å². The molecule has 0 bridgehead atoms. The maximum Gasteiger partial charge on any atom is 0.0958 e. The van der Waals surface area contributed by atoms with Gasteiger partial charge in [-0.3, -0.25) is 0 Å². The van der Waals surface area contributed by atoms with Crippen LogP contribution in [-0.4, -0.2) is 16.1 Å². The van der Waals surface area contributed by atoms with E-state index in [0.717, 1.165) is 25.0 Å². The SMILES string of the molecule is CCCNC(Cn1cnc2ccccc21)c1ccc(C)s1. The molecule has 3 nitrogen and oxygen atoms in total. The lowest BCUT2D eigenvalue weighted by molar-refractivity contribution is 0.475. The molecule has 0 radical (unpaired) electrons. The molecule has 2 heterocycles. The molecule has 0 saturated carbocycles. The molecule has 110 valence electrons. The molecule has 0 aliphatic heterocycles. The fourth-order valence-corrected chi connectivity index (χ4v) is 3.51. The molecule has 0 saturated heterocycles. The second-order valence-electron chi connectivity index (χ2n) is 5.34. The van der Waals surface area contributed by atoms with Gasteiger partial charge in [-0.1, -0.05) is 19.1 Å². The zero-order valence-corrected chi connectivity index (χ0v) is 13.4. The number of hydrogen-bond donors (Lipinski definition) is 1. The molecular weight excluding hydrogens is 278 g/mol. The van der Waals surface area contributed by atoms with Crippen LogP contribution in [-0.2, 0) is 6.54 Å². The van der Waals surface area contributed by atoms with Crippen LogP contribution in [0.4, 0.5) is 0 Å². The van der Waals surface area contributed by atoms with E-state index in [-0.39, 0.29) is 0 Å². The van der Waals surface area contributed by atoms with Gasteiger partial charge in [-0.2, -0.15) is 0 Å². The number of rotatable bonds is 6. The first kappa shape index (κ1) is 14.3. The Morgan fingerprint density at radius 1 is 1.24 bits per heavy atom. The zero-order chi connectivity index (χ0) is 14.7. The number of thiophene rings is 1. The topological polar surface area (TPSA) is 29.9 Å². The number of aryl methyl sites for hydroxylation is 1. The highest BCUT2D eigenvalue weighted by Gasteiger charge is 2.14. The maximum absolute atomic E-state index is 4.49. The van der Waals surface area contributed by atoms with Crippen LogP contribution >= 0.6 is 11.3 Å². The quantitative estimate of drug-likeness (QED) is 0.741. The second-order valence-corrected chi connectivity index (χ2v) is 6.66. The van der Waals surface area contributed by atoms with Gasteiger partial charge in [0.25, 0.3) is 0 Å². The molecular formula is C17H21N3S. The molecule has 1 unspecified atom stereocenters. The molecule has 2 aromatic heterocycles. The van der Waals surface area contributed by atoms with Crippen molar-refractivity contribution in [2.75, 3.05) is 6.54 Å². The number of fused-ring (bicyclic) bond motifs is 1. The Morgan fingerprint density at radius 2 is 2.10 bits per heavy atom. The highest BCUT2D eigenvalue weighted by Crippen LogP contribution is 2.25. The molecule has 3 rings (SSSR count). The van der Waals surface area contributed by atoms with Gasteiger partial charge in [0, 0.05) is 16.3 Å². The molecule has 4 heteroatoms. The standard InChI is InChI=1S/C17H21N3S/c1-3-10-18-15(17-9-8-13(2)21-17)11-20-12-19-14-6-4-5-7-16(14)20/h4-9,12,15,18H,3,10-11H2,1-2H3. The molecule has 1 atom stereocenters. The first-order valence-corrected chi connectivity index (χ1v) is 8.29. The van der Waals surface area contributed by atoms with Gasteiger partial charge >= 0.3 is 0 Å². The highest BCUT2D eigenvalue weighted by molar-refractivity contribution is 7.12. The second kappa shape index (κ2) is 6.41. The summed E-state index contributed by atoms with van der Waals surface area (Å²) in [6.07, 6.45) is 3.09. The minimum Gasteiger partial charge on any atom is -0.329 e. The summed E-state index contributed by atoms with van der Waals surface area (Å²) in [6.45, 7) is 6.32. The Hall–Kier alpha value is -1.65. The third-order valence-corrected chi connectivity index (χ3v) is 4.77. The van der Waals surface area contributed by atoms with Crippen LogP contribution in [0.5, 0.6) is 0 Å². The number of benzene rings is 1. The summed E-state index contributed by atoms with van der Waals surface area (Å²) in [5.41, 5.74) is 2.27. The average molecular weight is 299 g/mol. The Bertz CT molecular complexity index is 713. The number of para-hydroxylation sites is 2. The number of aromatic nitrogens is 2. The van der Waals surface area contributed by atoms with Gasteiger partial charge in [-0.25, -0.2) is 4.98 Å². The smallest absolute Gasteiger partial charge is 0.0958 e. The van der Waals surface area contributed by atoms with Gasteiger partial charge < -0.3 is 9.88 Å². The van der Waals surface area contributed by atoms with E-state index in [0.29, 0.717) is 6.04 Å². The number of nitrogens with one attached hydrogen (secondary N) is 1. The zero-order valence-electron chi connectivity index (χ0n) is 12.5. The van der Waals surface area contributed by atoms with Crippen LogP contribution < -0.4 is 5.32 Å². The van der Waals surface area contributed by atoms with E-state index in [1.54, 1.807) is 0 Å². The fourth-order valence-electron chi connectivity index (χ4n) is 2.57. The van der Waals surface area contributed by atoms with Crippen molar-refractivity contribution < 1.29 is 0 Å². The van der Waals surface area contributed by atoms with Gasteiger partial charge in [0.2, 0.25) is 0 Å². The minimum atomic E-state index is 0.348. The largest absolute Gasteiger partial charge is 0.329 e. The molecule has 1 N–H and O–H groups in total. The lowest BCUT2D eigenvalue weighted by atomic mass is 10.2. The number of nitrogens with zero attached hydrogens (tertiary/aromatic N) is 2. The maximum atomic E-state index is 4.49. The highest BCUT2D eigenvalue weighted by atomic mass is 32.1. The number of hydrogen-bond acceptors (Lipinski definition) is 3. The van der Waals surface area contributed by atoms with E-state index in [4.69, 9.17) is 0 Å². The Labute approximate surface area is 129 Å². The van der Waals surface area contributed by atoms with Crippen LogP contribution in [0, 0.1) is 6.92 Å². The van der Waals surface area contributed by atoms with Crippen LogP contribution in [0.3, 0.4) is 0 Å². The predicted octanol–water partition coefficient (Wildman–Crippen LogP) is 4.15. The summed E-state index contributed by atoms with van der Waals surface area (Å²) in [6, 6.07) is 13.1. The van der Waals surface area contributed by atoms with Crippen molar-refractivity contribution >= 4 is 22.4 Å². The molecule has 0 amide bonds. The van der Waals surface area contributed by atoms with Crippen LogP contribution in [0.15, 0.2) is 42.7 Å². The normalized spacial score (nSPS) is 12.9. The summed E-state index contributed by atoms with van der Waals surface area (Å²) >= 11 is 1.88. The third kappa shape index (κ3) is 3.17. The molecule has 0 spiro atoms. The van der Waals surface area contributed by atoms with Crippen LogP contribution in [0.2, 0.25) is 0 Å². The van der Waals surface area contributed by atoms with Crippen LogP contribution in [0.1, 0.15) is 29.1 Å². The van der Waals surface area contributed by atoms with Crippen molar-refractivity contribution in [2.45, 2.75) is 32.9 Å². The van der Waals surface area contributed by atoms with Crippen molar-refractivity contribution in [2.24, 2.45) is 0 Å². The molecule has 1 aromatic carbocycles. The lowest BCUT2D eigenvalue weighted by Crippen LogP contribution is -2.25. The van der Waals surface area contributed by atoms with Crippen molar-refractivity contribution in [1.82, 2.24) is 14.9 Å². The monoisotopic (exact) mass is 299 g/mol. The first-order valence-electron chi connectivity index (χ1n) is 7.47. The van der Waals surface area contributed by atoms with Crippen molar-refractivity contribution in [1.29, 1.82) is 0 Å². The van der Waals surface area contributed by atoms with E-state index in [9.17, 15) is 0 Å². The minimum absolute atomic E-state index is 0.348. The summed E-state index contributed by atoms with van der Waals surface area (Å²) in [7, 11) is 0. The van der Waals surface area contributed by atoms with Gasteiger partial charge in [0.1, 0.15) is 0 Å². The van der Waals surface area contributed by atoms with E-state index >= 15 is 0 Å². The van der Waals surface area contributed by atoms with Gasteiger partial charge in [0.15, 0.2) is 0 Å². The van der Waals surface area contributed by atoms with Crippen molar-refractivity contribution in [3.8, 4) is 0 Å². The van der Waals surface area contributed by atoms with Gasteiger partial charge in [-0.05, 0) is 44.2 Å². The Kier molecular flexibility index (Phi) is 4.36. The first-order chi connectivity index (χ1) is 10.3. The summed E-state index contributed by atoms with van der Waals surface area (Å²) in [5, 5.41) is 3.66. The van der Waals surface area contributed by atoms with Gasteiger partial charge in [0.05, 0.1) is 23.4 Å². The average Bonchev–Trinajstić information content (AvgIpc) is 3.10. The van der Waals surface area contributed by atoms with E-state index in [1.807, 2.05) is 23.7 Å². The Balaban J connectivity index is 1.87. The fraction of sp³-hybridized carbons (Fsp3) is 0.353. The third-order valence-electron chi connectivity index (χ3n) is 3.65.